The molecule has 142 valence electrons. The summed E-state index contributed by atoms with van der Waals surface area (Å²) in [7, 11) is 0. The average Bonchev–Trinajstić information content (AvgIpc) is 3.02. The van der Waals surface area contributed by atoms with Crippen LogP contribution in [0.1, 0.15) is 53.0 Å². The number of nitrogens with zero attached hydrogens (tertiary/aromatic N) is 2. The Morgan fingerprint density at radius 2 is 1.96 bits per heavy atom. The van der Waals surface area contributed by atoms with Gasteiger partial charge in [0.15, 0.2) is 0 Å². The second-order valence-corrected chi connectivity index (χ2v) is 7.36. The van der Waals surface area contributed by atoms with Crippen molar-refractivity contribution in [1.29, 1.82) is 0 Å². The van der Waals surface area contributed by atoms with Crippen LogP contribution in [0.3, 0.4) is 0 Å². The van der Waals surface area contributed by atoms with Crippen LogP contribution < -0.4 is 15.0 Å². The van der Waals surface area contributed by atoms with Gasteiger partial charge in [0.25, 0.3) is 5.91 Å². The number of aryl methyl sites for hydroxylation is 1. The van der Waals surface area contributed by atoms with Crippen LogP contribution in [0.15, 0.2) is 30.3 Å². The summed E-state index contributed by atoms with van der Waals surface area (Å²) in [5.41, 5.74) is 3.48. The predicted molar refractivity (Wildman–Crippen MR) is 103 cm³/mol. The lowest BCUT2D eigenvalue weighted by atomic mass is 10.1. The summed E-state index contributed by atoms with van der Waals surface area (Å²) in [6, 6.07) is 9.60. The van der Waals surface area contributed by atoms with E-state index in [-0.39, 0.29) is 12.0 Å². The van der Waals surface area contributed by atoms with Crippen molar-refractivity contribution in [2.75, 3.05) is 18.0 Å². The van der Waals surface area contributed by atoms with Gasteiger partial charge >= 0.3 is 0 Å². The monoisotopic (exact) mass is 367 g/mol. The lowest BCUT2D eigenvalue weighted by Crippen LogP contribution is -2.39. The van der Waals surface area contributed by atoms with E-state index in [2.05, 4.69) is 10.2 Å². The Balaban J connectivity index is 1.38. The van der Waals surface area contributed by atoms with Crippen LogP contribution in [0.25, 0.3) is 0 Å². The minimum atomic E-state index is -0.462. The molecule has 2 N–H and O–H groups in total. The molecule has 1 aromatic carbocycles. The number of hydrogen-bond acceptors (Lipinski definition) is 5. The minimum Gasteiger partial charge on any atom is -0.490 e. The second-order valence-electron chi connectivity index (χ2n) is 7.36. The number of carbonyl (C=O) groups excluding carboxylic acids is 1. The lowest BCUT2D eigenvalue weighted by Gasteiger charge is -2.34. The highest BCUT2D eigenvalue weighted by Gasteiger charge is 2.26. The van der Waals surface area contributed by atoms with E-state index in [1.165, 1.54) is 0 Å². The molecule has 0 bridgehead atoms. The third kappa shape index (κ3) is 3.62. The normalized spacial score (nSPS) is 18.2. The van der Waals surface area contributed by atoms with Crippen LogP contribution >= 0.6 is 0 Å². The van der Waals surface area contributed by atoms with Gasteiger partial charge in [0.05, 0.1) is 23.9 Å². The highest BCUT2D eigenvalue weighted by atomic mass is 16.5. The standard InChI is InChI=1S/C21H25N3O3/c1-13-11-18-19(12-22-21(18)26)23-20(13)24-9-7-17(8-10-24)27-16-5-3-15(4-6-16)14(2)25/h3-6,11,14,17,25H,7-10,12H2,1-2H3,(H,22,26). The first-order chi connectivity index (χ1) is 13.0. The van der Waals surface area contributed by atoms with E-state index in [0.717, 1.165) is 54.3 Å². The van der Waals surface area contributed by atoms with Crippen LogP contribution in [-0.4, -0.2) is 35.2 Å². The van der Waals surface area contributed by atoms with Gasteiger partial charge in [0.1, 0.15) is 17.7 Å². The Hall–Kier alpha value is -2.60. The van der Waals surface area contributed by atoms with Crippen LogP contribution in [-0.2, 0) is 6.54 Å². The molecule has 2 aromatic rings. The van der Waals surface area contributed by atoms with Crippen molar-refractivity contribution in [2.24, 2.45) is 0 Å². The molecule has 2 aliphatic rings. The summed E-state index contributed by atoms with van der Waals surface area (Å²) < 4.78 is 6.11. The molecule has 2 aliphatic heterocycles. The number of fused-ring (bicyclic) bond motifs is 1. The molecule has 0 aliphatic carbocycles. The molecule has 27 heavy (non-hydrogen) atoms. The van der Waals surface area contributed by atoms with E-state index in [4.69, 9.17) is 9.72 Å². The molecule has 4 rings (SSSR count). The summed E-state index contributed by atoms with van der Waals surface area (Å²) in [6.07, 6.45) is 1.56. The molecule has 6 heteroatoms. The number of amides is 1. The number of piperidine rings is 1. The second kappa shape index (κ2) is 7.19. The summed E-state index contributed by atoms with van der Waals surface area (Å²) in [4.78, 5) is 18.8. The van der Waals surface area contributed by atoms with Crippen molar-refractivity contribution in [2.45, 2.75) is 45.4 Å². The first-order valence-electron chi connectivity index (χ1n) is 9.49. The van der Waals surface area contributed by atoms with Crippen molar-refractivity contribution in [3.8, 4) is 5.75 Å². The van der Waals surface area contributed by atoms with Crippen LogP contribution in [0.4, 0.5) is 5.82 Å². The molecule has 0 saturated carbocycles. The topological polar surface area (TPSA) is 74.7 Å². The lowest BCUT2D eigenvalue weighted by molar-refractivity contribution is 0.0965. The molecule has 1 atom stereocenters. The molecule has 1 amide bonds. The molecule has 3 heterocycles. The van der Waals surface area contributed by atoms with Gasteiger partial charge in [-0.2, -0.15) is 0 Å². The van der Waals surface area contributed by atoms with Crippen molar-refractivity contribution in [3.63, 3.8) is 0 Å². The number of pyridine rings is 1. The van der Waals surface area contributed by atoms with E-state index in [1.54, 1.807) is 6.92 Å². The maximum Gasteiger partial charge on any atom is 0.253 e. The predicted octanol–water partition coefficient (Wildman–Crippen LogP) is 2.73. The summed E-state index contributed by atoms with van der Waals surface area (Å²) >= 11 is 0. The minimum absolute atomic E-state index is 0.0270. The third-order valence-electron chi connectivity index (χ3n) is 5.33. The number of hydrogen-bond donors (Lipinski definition) is 2. The molecule has 0 radical (unpaired) electrons. The molecule has 0 spiro atoms. The van der Waals surface area contributed by atoms with E-state index in [1.807, 2.05) is 37.3 Å². The first kappa shape index (κ1) is 17.8. The van der Waals surface area contributed by atoms with Crippen LogP contribution in [0.2, 0.25) is 0 Å². The fourth-order valence-corrected chi connectivity index (χ4v) is 3.75. The number of anilines is 1. The Bertz CT molecular complexity index is 840. The molecule has 6 nitrogen and oxygen atoms in total. The Morgan fingerprint density at radius 1 is 1.26 bits per heavy atom. The highest BCUT2D eigenvalue weighted by molar-refractivity contribution is 5.98. The molecular weight excluding hydrogens is 342 g/mol. The molecule has 1 unspecified atom stereocenters. The SMILES string of the molecule is Cc1cc2c(nc1N1CCC(Oc3ccc(C(C)O)cc3)CC1)CNC2=O. The zero-order chi connectivity index (χ0) is 19.0. The van der Waals surface area contributed by atoms with Gasteiger partial charge < -0.3 is 20.1 Å². The third-order valence-corrected chi connectivity index (χ3v) is 5.33. The van der Waals surface area contributed by atoms with Crippen molar-refractivity contribution in [1.82, 2.24) is 10.3 Å². The maximum atomic E-state index is 11.8. The molecule has 1 aromatic heterocycles. The average molecular weight is 367 g/mol. The van der Waals surface area contributed by atoms with Gasteiger partial charge in [0, 0.05) is 25.9 Å². The number of aromatic nitrogens is 1. The Morgan fingerprint density at radius 3 is 2.63 bits per heavy atom. The molecular formula is C21H25N3O3. The largest absolute Gasteiger partial charge is 0.490 e. The Kier molecular flexibility index (Phi) is 4.74. The van der Waals surface area contributed by atoms with Crippen LogP contribution in [0, 0.1) is 6.92 Å². The number of ether oxygens (including phenoxy) is 1. The van der Waals surface area contributed by atoms with Gasteiger partial charge in [-0.15, -0.1) is 0 Å². The number of carbonyl (C=O) groups is 1. The molecule has 1 fully saturated rings. The first-order valence-corrected chi connectivity index (χ1v) is 9.49. The highest BCUT2D eigenvalue weighted by Crippen LogP contribution is 2.27. The number of nitrogens with one attached hydrogen (secondary N) is 1. The van der Waals surface area contributed by atoms with Gasteiger partial charge in [0.2, 0.25) is 0 Å². The maximum absolute atomic E-state index is 11.8. The number of aliphatic hydroxyl groups excluding tert-OH is 1. The Labute approximate surface area is 159 Å². The number of aliphatic hydroxyl groups is 1. The van der Waals surface area contributed by atoms with E-state index in [9.17, 15) is 9.90 Å². The summed E-state index contributed by atoms with van der Waals surface area (Å²) in [5.74, 6) is 1.79. The van der Waals surface area contributed by atoms with E-state index < -0.39 is 6.10 Å². The van der Waals surface area contributed by atoms with Crippen molar-refractivity contribution >= 4 is 11.7 Å². The summed E-state index contributed by atoms with van der Waals surface area (Å²) in [6.45, 7) is 6.05. The van der Waals surface area contributed by atoms with Crippen molar-refractivity contribution in [3.05, 3.63) is 52.7 Å². The number of rotatable bonds is 4. The zero-order valence-corrected chi connectivity index (χ0v) is 15.7. The smallest absolute Gasteiger partial charge is 0.253 e. The van der Waals surface area contributed by atoms with Crippen molar-refractivity contribution < 1.29 is 14.6 Å². The quantitative estimate of drug-likeness (QED) is 0.869. The van der Waals surface area contributed by atoms with Gasteiger partial charge in [-0.25, -0.2) is 4.98 Å². The van der Waals surface area contributed by atoms with Gasteiger partial charge in [-0.05, 0) is 43.2 Å². The van der Waals surface area contributed by atoms with E-state index >= 15 is 0 Å². The van der Waals surface area contributed by atoms with Gasteiger partial charge in [-0.1, -0.05) is 12.1 Å². The molecule has 1 saturated heterocycles. The fraction of sp³-hybridized carbons (Fsp3) is 0.429. The van der Waals surface area contributed by atoms with E-state index in [0.29, 0.717) is 12.1 Å². The zero-order valence-electron chi connectivity index (χ0n) is 15.7. The fourth-order valence-electron chi connectivity index (χ4n) is 3.75. The van der Waals surface area contributed by atoms with Gasteiger partial charge in [-0.3, -0.25) is 4.79 Å². The van der Waals surface area contributed by atoms with Crippen LogP contribution in [0.5, 0.6) is 5.75 Å². The summed E-state index contributed by atoms with van der Waals surface area (Å²) in [5, 5.41) is 12.4. The number of benzene rings is 1.